The zero-order chi connectivity index (χ0) is 18.2. The van der Waals surface area contributed by atoms with Crippen molar-refractivity contribution in [1.29, 1.82) is 0 Å². The molecule has 0 aliphatic carbocycles. The highest BCUT2D eigenvalue weighted by Gasteiger charge is 2.14. The SMILES string of the molecule is CC(=O)c1cccc(OC(C)C(=O)NCCCn2cccnc2=O)c1. The minimum absolute atomic E-state index is 0.0619. The maximum absolute atomic E-state index is 12.1. The number of benzene rings is 1. The van der Waals surface area contributed by atoms with Crippen molar-refractivity contribution >= 4 is 11.7 Å². The molecule has 0 saturated carbocycles. The maximum atomic E-state index is 12.1. The Hall–Kier alpha value is -2.96. The van der Waals surface area contributed by atoms with E-state index in [0.29, 0.717) is 30.8 Å². The van der Waals surface area contributed by atoms with E-state index in [1.54, 1.807) is 43.5 Å². The molecule has 1 N–H and O–H groups in total. The molecule has 1 heterocycles. The van der Waals surface area contributed by atoms with Gasteiger partial charge in [0.25, 0.3) is 5.91 Å². The number of carbonyl (C=O) groups excluding carboxylic acids is 2. The summed E-state index contributed by atoms with van der Waals surface area (Å²) in [5.74, 6) is 0.150. The van der Waals surface area contributed by atoms with Gasteiger partial charge in [-0.3, -0.25) is 14.2 Å². The second-order valence-corrected chi connectivity index (χ2v) is 5.58. The molecule has 25 heavy (non-hydrogen) atoms. The van der Waals surface area contributed by atoms with E-state index in [-0.39, 0.29) is 17.4 Å². The summed E-state index contributed by atoms with van der Waals surface area (Å²) < 4.78 is 7.06. The van der Waals surface area contributed by atoms with Crippen LogP contribution in [0.2, 0.25) is 0 Å². The molecule has 1 atom stereocenters. The first kappa shape index (κ1) is 18.4. The maximum Gasteiger partial charge on any atom is 0.347 e. The van der Waals surface area contributed by atoms with Gasteiger partial charge in [0.05, 0.1) is 0 Å². The van der Waals surface area contributed by atoms with Crippen LogP contribution in [0.4, 0.5) is 0 Å². The lowest BCUT2D eigenvalue weighted by Crippen LogP contribution is -2.37. The molecule has 0 aliphatic rings. The fraction of sp³-hybridized carbons (Fsp3) is 0.333. The number of amides is 1. The molecule has 7 nitrogen and oxygen atoms in total. The molecule has 0 saturated heterocycles. The zero-order valence-corrected chi connectivity index (χ0v) is 14.3. The Balaban J connectivity index is 1.78. The highest BCUT2D eigenvalue weighted by Crippen LogP contribution is 2.15. The molecule has 2 aromatic rings. The van der Waals surface area contributed by atoms with Crippen LogP contribution in [0.15, 0.2) is 47.5 Å². The number of hydrogen-bond acceptors (Lipinski definition) is 5. The molecule has 1 unspecified atom stereocenters. The highest BCUT2D eigenvalue weighted by atomic mass is 16.5. The van der Waals surface area contributed by atoms with Crippen LogP contribution in [0.5, 0.6) is 5.75 Å². The Morgan fingerprint density at radius 1 is 1.32 bits per heavy atom. The second-order valence-electron chi connectivity index (χ2n) is 5.58. The van der Waals surface area contributed by atoms with Gasteiger partial charge in [-0.2, -0.15) is 0 Å². The van der Waals surface area contributed by atoms with Crippen molar-refractivity contribution in [3.63, 3.8) is 0 Å². The zero-order valence-electron chi connectivity index (χ0n) is 14.3. The number of aryl methyl sites for hydroxylation is 1. The second kappa shape index (κ2) is 8.77. The molecule has 1 aromatic carbocycles. The number of carbonyl (C=O) groups is 2. The molecule has 0 aliphatic heterocycles. The minimum Gasteiger partial charge on any atom is -0.481 e. The Morgan fingerprint density at radius 2 is 2.12 bits per heavy atom. The van der Waals surface area contributed by atoms with Crippen LogP contribution in [-0.4, -0.2) is 33.9 Å². The number of nitrogens with one attached hydrogen (secondary N) is 1. The summed E-state index contributed by atoms with van der Waals surface area (Å²) in [6, 6.07) is 8.40. The van der Waals surface area contributed by atoms with Crippen molar-refractivity contribution in [2.45, 2.75) is 32.9 Å². The molecule has 1 aromatic heterocycles. The van der Waals surface area contributed by atoms with Crippen LogP contribution in [0.25, 0.3) is 0 Å². The minimum atomic E-state index is -0.691. The lowest BCUT2D eigenvalue weighted by Gasteiger charge is -2.15. The summed E-state index contributed by atoms with van der Waals surface area (Å²) in [6.07, 6.45) is 3.01. The van der Waals surface area contributed by atoms with Crippen LogP contribution < -0.4 is 15.7 Å². The van der Waals surface area contributed by atoms with Crippen LogP contribution in [0.3, 0.4) is 0 Å². The van der Waals surface area contributed by atoms with Crippen molar-refractivity contribution in [3.8, 4) is 5.75 Å². The number of aromatic nitrogens is 2. The molecule has 0 spiro atoms. The van der Waals surface area contributed by atoms with Gasteiger partial charge in [0.15, 0.2) is 11.9 Å². The van der Waals surface area contributed by atoms with E-state index in [4.69, 9.17) is 4.74 Å². The van der Waals surface area contributed by atoms with Crippen LogP contribution in [0.1, 0.15) is 30.6 Å². The summed E-state index contributed by atoms with van der Waals surface area (Å²) >= 11 is 0. The molecule has 0 bridgehead atoms. The number of ketones is 1. The smallest absolute Gasteiger partial charge is 0.347 e. The van der Waals surface area contributed by atoms with Crippen LogP contribution in [0, 0.1) is 0 Å². The lowest BCUT2D eigenvalue weighted by molar-refractivity contribution is -0.127. The third-order valence-corrected chi connectivity index (χ3v) is 3.58. The summed E-state index contributed by atoms with van der Waals surface area (Å²) in [7, 11) is 0. The molecule has 0 radical (unpaired) electrons. The quantitative estimate of drug-likeness (QED) is 0.578. The molecule has 132 valence electrons. The first-order chi connectivity index (χ1) is 12.0. The first-order valence-electron chi connectivity index (χ1n) is 8.04. The van der Waals surface area contributed by atoms with E-state index < -0.39 is 6.10 Å². The van der Waals surface area contributed by atoms with Gasteiger partial charge in [0.2, 0.25) is 0 Å². The largest absolute Gasteiger partial charge is 0.481 e. The normalized spacial score (nSPS) is 11.6. The summed E-state index contributed by atoms with van der Waals surface area (Å²) in [6.45, 7) is 4.01. The number of ether oxygens (including phenoxy) is 1. The number of Topliss-reactive ketones (excluding diaryl/α,β-unsaturated/α-hetero) is 1. The van der Waals surface area contributed by atoms with Gasteiger partial charge in [-0.15, -0.1) is 0 Å². The average molecular weight is 343 g/mol. The summed E-state index contributed by atoms with van der Waals surface area (Å²) in [4.78, 5) is 38.5. The van der Waals surface area contributed by atoms with Gasteiger partial charge >= 0.3 is 5.69 Å². The van der Waals surface area contributed by atoms with Gasteiger partial charge in [0, 0.05) is 31.0 Å². The topological polar surface area (TPSA) is 90.3 Å². The Labute approximate surface area is 145 Å². The number of nitrogens with zero attached hydrogens (tertiary/aromatic N) is 2. The van der Waals surface area contributed by atoms with E-state index in [2.05, 4.69) is 10.3 Å². The van der Waals surface area contributed by atoms with Crippen molar-refractivity contribution in [2.75, 3.05) is 6.54 Å². The molecule has 2 rings (SSSR count). The molecular formula is C18H21N3O4. The van der Waals surface area contributed by atoms with Crippen molar-refractivity contribution in [2.24, 2.45) is 0 Å². The third kappa shape index (κ3) is 5.56. The van der Waals surface area contributed by atoms with E-state index in [1.807, 2.05) is 0 Å². The Kier molecular flexibility index (Phi) is 6.45. The molecular weight excluding hydrogens is 322 g/mol. The fourth-order valence-corrected chi connectivity index (χ4v) is 2.21. The van der Waals surface area contributed by atoms with Crippen molar-refractivity contribution in [3.05, 3.63) is 58.8 Å². The van der Waals surface area contributed by atoms with Gasteiger partial charge in [-0.1, -0.05) is 12.1 Å². The lowest BCUT2D eigenvalue weighted by atomic mass is 10.1. The number of hydrogen-bond donors (Lipinski definition) is 1. The predicted octanol–water partition coefficient (Wildman–Crippen LogP) is 1.42. The van der Waals surface area contributed by atoms with E-state index >= 15 is 0 Å². The average Bonchev–Trinajstić information content (AvgIpc) is 2.60. The third-order valence-electron chi connectivity index (χ3n) is 3.58. The van der Waals surface area contributed by atoms with Crippen molar-refractivity contribution in [1.82, 2.24) is 14.9 Å². The summed E-state index contributed by atoms with van der Waals surface area (Å²) in [5.41, 5.74) is 0.225. The van der Waals surface area contributed by atoms with Gasteiger partial charge in [-0.05, 0) is 38.5 Å². The van der Waals surface area contributed by atoms with Crippen LogP contribution in [-0.2, 0) is 11.3 Å². The standard InChI is InChI=1S/C18H21N3O4/c1-13(22)15-6-3-7-16(12-15)25-14(2)17(23)19-8-4-10-21-11-5-9-20-18(21)24/h3,5-7,9,11-12,14H,4,8,10H2,1-2H3,(H,19,23). The molecule has 1 amide bonds. The number of rotatable bonds is 8. The molecule has 0 fully saturated rings. The van der Waals surface area contributed by atoms with Gasteiger partial charge in [0.1, 0.15) is 5.75 Å². The van der Waals surface area contributed by atoms with Crippen LogP contribution >= 0.6 is 0 Å². The molecule has 7 heteroatoms. The van der Waals surface area contributed by atoms with Crippen molar-refractivity contribution < 1.29 is 14.3 Å². The van der Waals surface area contributed by atoms with E-state index in [1.165, 1.54) is 17.7 Å². The fourth-order valence-electron chi connectivity index (χ4n) is 2.21. The first-order valence-corrected chi connectivity index (χ1v) is 8.04. The highest BCUT2D eigenvalue weighted by molar-refractivity contribution is 5.94. The predicted molar refractivity (Wildman–Crippen MR) is 92.7 cm³/mol. The Bertz CT molecular complexity index is 801. The summed E-state index contributed by atoms with van der Waals surface area (Å²) in [5, 5.41) is 2.76. The van der Waals surface area contributed by atoms with Gasteiger partial charge in [-0.25, -0.2) is 9.78 Å². The monoisotopic (exact) mass is 343 g/mol. The van der Waals surface area contributed by atoms with E-state index in [9.17, 15) is 14.4 Å². The van der Waals surface area contributed by atoms with E-state index in [0.717, 1.165) is 0 Å². The Morgan fingerprint density at radius 3 is 2.84 bits per heavy atom. The van der Waals surface area contributed by atoms with Gasteiger partial charge < -0.3 is 10.1 Å².